The number of amides is 2. The standard InChI is InChI=1S/C9H18N2O4/c1-5-14-8(13)11-9(4,15-6-2)10-7(3)12/h5-6H2,1-4H3,(H,10,12)(H,11,13). The van der Waals surface area contributed by atoms with Crippen LogP contribution in [0.1, 0.15) is 27.7 Å². The molecule has 0 rings (SSSR count). The normalized spacial score (nSPS) is 13.9. The molecular formula is C9H18N2O4. The number of hydrogen-bond donors (Lipinski definition) is 2. The number of hydrogen-bond acceptors (Lipinski definition) is 4. The van der Waals surface area contributed by atoms with Gasteiger partial charge in [-0.2, -0.15) is 0 Å². The molecule has 6 heteroatoms. The highest BCUT2D eigenvalue weighted by atomic mass is 16.6. The van der Waals surface area contributed by atoms with Crippen LogP contribution < -0.4 is 10.6 Å². The molecule has 0 bridgehead atoms. The number of ether oxygens (including phenoxy) is 2. The van der Waals surface area contributed by atoms with E-state index in [9.17, 15) is 9.59 Å². The molecule has 0 spiro atoms. The lowest BCUT2D eigenvalue weighted by Gasteiger charge is -2.30. The molecule has 2 amide bonds. The Balaban J connectivity index is 4.35. The predicted molar refractivity (Wildman–Crippen MR) is 54.0 cm³/mol. The van der Waals surface area contributed by atoms with Crippen molar-refractivity contribution in [2.24, 2.45) is 0 Å². The van der Waals surface area contributed by atoms with Gasteiger partial charge in [0.25, 0.3) is 0 Å². The summed E-state index contributed by atoms with van der Waals surface area (Å²) in [6.45, 7) is 6.93. The first-order valence-electron chi connectivity index (χ1n) is 4.81. The van der Waals surface area contributed by atoms with Crippen LogP contribution >= 0.6 is 0 Å². The van der Waals surface area contributed by atoms with Gasteiger partial charge in [0.2, 0.25) is 11.8 Å². The summed E-state index contributed by atoms with van der Waals surface area (Å²) in [5, 5.41) is 4.88. The van der Waals surface area contributed by atoms with E-state index >= 15 is 0 Å². The molecule has 2 N–H and O–H groups in total. The summed E-state index contributed by atoms with van der Waals surface area (Å²) in [4.78, 5) is 22.0. The van der Waals surface area contributed by atoms with Crippen LogP contribution in [0, 0.1) is 0 Å². The minimum atomic E-state index is -1.23. The van der Waals surface area contributed by atoms with E-state index in [0.717, 1.165) is 0 Å². The van der Waals surface area contributed by atoms with Crippen LogP contribution in [-0.4, -0.2) is 31.1 Å². The molecule has 0 aliphatic rings. The van der Waals surface area contributed by atoms with Gasteiger partial charge in [-0.15, -0.1) is 0 Å². The summed E-state index contributed by atoms with van der Waals surface area (Å²) in [6, 6.07) is 0. The molecule has 0 aromatic heterocycles. The Morgan fingerprint density at radius 3 is 2.20 bits per heavy atom. The fourth-order valence-electron chi connectivity index (χ4n) is 1.09. The van der Waals surface area contributed by atoms with Crippen LogP contribution in [0.2, 0.25) is 0 Å². The second kappa shape index (κ2) is 6.23. The van der Waals surface area contributed by atoms with Crippen LogP contribution in [-0.2, 0) is 14.3 Å². The molecule has 0 saturated heterocycles. The highest BCUT2D eigenvalue weighted by molar-refractivity contribution is 5.75. The van der Waals surface area contributed by atoms with E-state index in [-0.39, 0.29) is 12.5 Å². The Labute approximate surface area is 89.3 Å². The summed E-state index contributed by atoms with van der Waals surface area (Å²) >= 11 is 0. The number of carbonyl (C=O) groups excluding carboxylic acids is 2. The van der Waals surface area contributed by atoms with E-state index in [1.165, 1.54) is 13.8 Å². The molecule has 0 heterocycles. The van der Waals surface area contributed by atoms with Crippen molar-refractivity contribution in [3.8, 4) is 0 Å². The van der Waals surface area contributed by atoms with Gasteiger partial charge in [-0.1, -0.05) is 0 Å². The highest BCUT2D eigenvalue weighted by Gasteiger charge is 2.28. The smallest absolute Gasteiger partial charge is 0.410 e. The molecule has 0 fully saturated rings. The third-order valence-corrected chi connectivity index (χ3v) is 1.46. The fraction of sp³-hybridized carbons (Fsp3) is 0.778. The third kappa shape index (κ3) is 5.90. The zero-order valence-electron chi connectivity index (χ0n) is 9.55. The molecule has 0 aromatic rings. The van der Waals surface area contributed by atoms with Crippen molar-refractivity contribution in [2.45, 2.75) is 33.5 Å². The van der Waals surface area contributed by atoms with Gasteiger partial charge in [0, 0.05) is 20.5 Å². The summed E-state index contributed by atoms with van der Waals surface area (Å²) in [5.41, 5.74) is 0. The summed E-state index contributed by atoms with van der Waals surface area (Å²) in [7, 11) is 0. The second-order valence-corrected chi connectivity index (χ2v) is 2.99. The van der Waals surface area contributed by atoms with Crippen LogP contribution in [0.3, 0.4) is 0 Å². The lowest BCUT2D eigenvalue weighted by Crippen LogP contribution is -2.60. The SMILES string of the molecule is CCOC(=O)NC(C)(NC(C)=O)OCC. The molecule has 0 radical (unpaired) electrons. The van der Waals surface area contributed by atoms with Crippen molar-refractivity contribution in [2.75, 3.05) is 13.2 Å². The number of alkyl carbamates (subject to hydrolysis) is 1. The molecule has 0 saturated carbocycles. The Morgan fingerprint density at radius 1 is 1.20 bits per heavy atom. The van der Waals surface area contributed by atoms with Crippen LogP contribution in [0.25, 0.3) is 0 Å². The first-order valence-corrected chi connectivity index (χ1v) is 4.81. The van der Waals surface area contributed by atoms with Gasteiger partial charge in [0.1, 0.15) is 0 Å². The van der Waals surface area contributed by atoms with Gasteiger partial charge in [0.15, 0.2) is 0 Å². The number of nitrogens with one attached hydrogen (secondary N) is 2. The van der Waals surface area contributed by atoms with Crippen molar-refractivity contribution in [1.29, 1.82) is 0 Å². The Morgan fingerprint density at radius 2 is 1.80 bits per heavy atom. The zero-order chi connectivity index (χ0) is 11.9. The fourth-order valence-corrected chi connectivity index (χ4v) is 1.09. The summed E-state index contributed by atoms with van der Waals surface area (Å²) in [5.74, 6) is -1.53. The van der Waals surface area contributed by atoms with E-state index in [1.807, 2.05) is 0 Å². The maximum absolute atomic E-state index is 11.2. The lowest BCUT2D eigenvalue weighted by atomic mass is 10.4. The zero-order valence-corrected chi connectivity index (χ0v) is 9.55. The van der Waals surface area contributed by atoms with Crippen LogP contribution in [0.4, 0.5) is 4.79 Å². The van der Waals surface area contributed by atoms with E-state index < -0.39 is 11.9 Å². The Hall–Kier alpha value is -1.30. The molecule has 1 unspecified atom stereocenters. The molecule has 15 heavy (non-hydrogen) atoms. The molecule has 0 aliphatic carbocycles. The van der Waals surface area contributed by atoms with Crippen molar-refractivity contribution in [3.05, 3.63) is 0 Å². The molecule has 88 valence electrons. The summed E-state index contributed by atoms with van der Waals surface area (Å²) in [6.07, 6.45) is -0.637. The van der Waals surface area contributed by atoms with Crippen LogP contribution in [0.5, 0.6) is 0 Å². The monoisotopic (exact) mass is 218 g/mol. The first-order chi connectivity index (χ1) is 6.93. The second-order valence-electron chi connectivity index (χ2n) is 2.99. The maximum Gasteiger partial charge on any atom is 0.410 e. The van der Waals surface area contributed by atoms with E-state index in [2.05, 4.69) is 15.4 Å². The van der Waals surface area contributed by atoms with Gasteiger partial charge in [-0.3, -0.25) is 10.1 Å². The first kappa shape index (κ1) is 13.7. The average molecular weight is 218 g/mol. The van der Waals surface area contributed by atoms with Gasteiger partial charge in [-0.25, -0.2) is 4.79 Å². The molecule has 0 aliphatic heterocycles. The molecule has 6 nitrogen and oxygen atoms in total. The molecule has 0 aromatic carbocycles. The average Bonchev–Trinajstić information content (AvgIpc) is 2.01. The van der Waals surface area contributed by atoms with Crippen LogP contribution in [0.15, 0.2) is 0 Å². The van der Waals surface area contributed by atoms with Crippen molar-refractivity contribution >= 4 is 12.0 Å². The predicted octanol–water partition coefficient (Wildman–Crippen LogP) is 0.579. The molecule has 1 atom stereocenters. The minimum absolute atomic E-state index is 0.258. The Bertz CT molecular complexity index is 232. The van der Waals surface area contributed by atoms with E-state index in [1.54, 1.807) is 13.8 Å². The van der Waals surface area contributed by atoms with Gasteiger partial charge in [-0.05, 0) is 13.8 Å². The Kier molecular flexibility index (Phi) is 5.69. The largest absolute Gasteiger partial charge is 0.450 e. The van der Waals surface area contributed by atoms with Gasteiger partial charge in [0.05, 0.1) is 6.61 Å². The van der Waals surface area contributed by atoms with Crippen molar-refractivity contribution in [3.63, 3.8) is 0 Å². The number of rotatable bonds is 5. The minimum Gasteiger partial charge on any atom is -0.450 e. The maximum atomic E-state index is 11.2. The van der Waals surface area contributed by atoms with Gasteiger partial charge >= 0.3 is 6.09 Å². The van der Waals surface area contributed by atoms with Gasteiger partial charge < -0.3 is 14.8 Å². The highest BCUT2D eigenvalue weighted by Crippen LogP contribution is 2.02. The lowest BCUT2D eigenvalue weighted by molar-refractivity contribution is -0.132. The van der Waals surface area contributed by atoms with Crippen molar-refractivity contribution in [1.82, 2.24) is 10.6 Å². The molecular weight excluding hydrogens is 200 g/mol. The topological polar surface area (TPSA) is 76.7 Å². The van der Waals surface area contributed by atoms with E-state index in [0.29, 0.717) is 6.61 Å². The van der Waals surface area contributed by atoms with Crippen molar-refractivity contribution < 1.29 is 19.1 Å². The number of carbonyl (C=O) groups is 2. The summed E-state index contributed by atoms with van der Waals surface area (Å²) < 4.78 is 9.90. The van der Waals surface area contributed by atoms with E-state index in [4.69, 9.17) is 4.74 Å². The third-order valence-electron chi connectivity index (χ3n) is 1.46. The quantitative estimate of drug-likeness (QED) is 0.662.